The van der Waals surface area contributed by atoms with Gasteiger partial charge in [0, 0.05) is 30.7 Å². The molecule has 94 valence electrons. The number of rotatable bonds is 3. The fourth-order valence-corrected chi connectivity index (χ4v) is 2.55. The molecule has 3 nitrogen and oxygen atoms in total. The SMILES string of the molecule is CC1(O)CCN(C(CN)c2ccc(Cl)cc2)C1. The van der Waals surface area contributed by atoms with E-state index in [4.69, 9.17) is 17.3 Å². The highest BCUT2D eigenvalue weighted by molar-refractivity contribution is 6.30. The fraction of sp³-hybridized carbons (Fsp3) is 0.538. The van der Waals surface area contributed by atoms with Crippen molar-refractivity contribution < 1.29 is 5.11 Å². The summed E-state index contributed by atoms with van der Waals surface area (Å²) in [5.41, 5.74) is 6.43. The Kier molecular flexibility index (Phi) is 3.73. The van der Waals surface area contributed by atoms with E-state index in [0.29, 0.717) is 13.1 Å². The van der Waals surface area contributed by atoms with Gasteiger partial charge >= 0.3 is 0 Å². The minimum Gasteiger partial charge on any atom is -0.389 e. The van der Waals surface area contributed by atoms with Gasteiger partial charge in [-0.3, -0.25) is 4.90 Å². The number of nitrogens with two attached hydrogens (primary N) is 1. The molecule has 2 atom stereocenters. The molecule has 0 aromatic heterocycles. The Hall–Kier alpha value is -0.610. The smallest absolute Gasteiger partial charge is 0.0758 e. The van der Waals surface area contributed by atoms with Crippen LogP contribution in [-0.4, -0.2) is 35.2 Å². The van der Waals surface area contributed by atoms with Crippen molar-refractivity contribution in [3.8, 4) is 0 Å². The lowest BCUT2D eigenvalue weighted by Gasteiger charge is -2.28. The van der Waals surface area contributed by atoms with Gasteiger partial charge in [0.2, 0.25) is 0 Å². The van der Waals surface area contributed by atoms with Gasteiger partial charge in [0.25, 0.3) is 0 Å². The highest BCUT2D eigenvalue weighted by Crippen LogP contribution is 2.29. The Morgan fingerprint density at radius 2 is 2.12 bits per heavy atom. The number of halogens is 1. The van der Waals surface area contributed by atoms with Gasteiger partial charge in [-0.25, -0.2) is 0 Å². The van der Waals surface area contributed by atoms with E-state index in [1.54, 1.807) is 0 Å². The van der Waals surface area contributed by atoms with E-state index in [0.717, 1.165) is 23.6 Å². The van der Waals surface area contributed by atoms with Crippen molar-refractivity contribution in [1.29, 1.82) is 0 Å². The third kappa shape index (κ3) is 2.99. The predicted octanol–water partition coefficient (Wildman–Crippen LogP) is 1.80. The second kappa shape index (κ2) is 4.94. The lowest BCUT2D eigenvalue weighted by molar-refractivity contribution is 0.0626. The summed E-state index contributed by atoms with van der Waals surface area (Å²) in [4.78, 5) is 2.24. The van der Waals surface area contributed by atoms with Crippen molar-refractivity contribution >= 4 is 11.6 Å². The van der Waals surface area contributed by atoms with Crippen molar-refractivity contribution in [3.63, 3.8) is 0 Å². The average molecular weight is 255 g/mol. The molecule has 2 rings (SSSR count). The van der Waals surface area contributed by atoms with Gasteiger partial charge in [0.1, 0.15) is 0 Å². The van der Waals surface area contributed by atoms with Crippen LogP contribution in [0.15, 0.2) is 24.3 Å². The first kappa shape index (κ1) is 12.8. The number of hydrogen-bond donors (Lipinski definition) is 2. The molecular weight excluding hydrogens is 236 g/mol. The molecule has 3 N–H and O–H groups in total. The van der Waals surface area contributed by atoms with Crippen LogP contribution in [0.25, 0.3) is 0 Å². The number of β-amino-alcohol motifs (C(OH)–C–C–N with tert-alkyl or cyclic N) is 1. The average Bonchev–Trinajstić information content (AvgIpc) is 2.63. The molecule has 4 heteroatoms. The Morgan fingerprint density at radius 3 is 2.59 bits per heavy atom. The number of nitrogens with zero attached hydrogens (tertiary/aromatic N) is 1. The lowest BCUT2D eigenvalue weighted by atomic mass is 10.1. The summed E-state index contributed by atoms with van der Waals surface area (Å²) in [5, 5.41) is 10.7. The Bertz CT molecular complexity index is 378. The molecule has 2 unspecified atom stereocenters. The van der Waals surface area contributed by atoms with Crippen LogP contribution in [-0.2, 0) is 0 Å². The van der Waals surface area contributed by atoms with Crippen LogP contribution >= 0.6 is 11.6 Å². The van der Waals surface area contributed by atoms with Gasteiger partial charge in [-0.15, -0.1) is 0 Å². The molecule has 0 aliphatic carbocycles. The molecule has 1 aromatic rings. The molecule has 1 aliphatic rings. The molecular formula is C13H19ClN2O. The number of likely N-dealkylation sites (tertiary alicyclic amines) is 1. The van der Waals surface area contributed by atoms with E-state index in [1.165, 1.54) is 0 Å². The maximum atomic E-state index is 10.00. The molecule has 1 aromatic carbocycles. The maximum absolute atomic E-state index is 10.00. The summed E-state index contributed by atoms with van der Waals surface area (Å²) in [7, 11) is 0. The third-order valence-electron chi connectivity index (χ3n) is 3.40. The van der Waals surface area contributed by atoms with E-state index in [9.17, 15) is 5.11 Å². The van der Waals surface area contributed by atoms with Crippen LogP contribution in [0.2, 0.25) is 5.02 Å². The van der Waals surface area contributed by atoms with Crippen molar-refractivity contribution in [2.24, 2.45) is 5.73 Å². The molecule has 0 saturated carbocycles. The first-order valence-electron chi connectivity index (χ1n) is 5.94. The zero-order chi connectivity index (χ0) is 12.5. The van der Waals surface area contributed by atoms with Gasteiger partial charge in [0.15, 0.2) is 0 Å². The Morgan fingerprint density at radius 1 is 1.47 bits per heavy atom. The Labute approximate surface area is 107 Å². The van der Waals surface area contributed by atoms with E-state index >= 15 is 0 Å². The summed E-state index contributed by atoms with van der Waals surface area (Å²) in [6, 6.07) is 7.95. The molecule has 0 bridgehead atoms. The zero-order valence-corrected chi connectivity index (χ0v) is 10.8. The molecule has 1 heterocycles. The monoisotopic (exact) mass is 254 g/mol. The Balaban J connectivity index is 2.14. The quantitative estimate of drug-likeness (QED) is 0.865. The van der Waals surface area contributed by atoms with Crippen molar-refractivity contribution in [2.45, 2.75) is 25.0 Å². The summed E-state index contributed by atoms with van der Waals surface area (Å²) >= 11 is 5.88. The molecule has 1 fully saturated rings. The molecule has 0 spiro atoms. The van der Waals surface area contributed by atoms with Crippen LogP contribution < -0.4 is 5.73 Å². The van der Waals surface area contributed by atoms with Crippen LogP contribution in [0, 0.1) is 0 Å². The molecule has 1 saturated heterocycles. The zero-order valence-electron chi connectivity index (χ0n) is 10.1. The second-order valence-electron chi connectivity index (χ2n) is 5.02. The predicted molar refractivity (Wildman–Crippen MR) is 70.1 cm³/mol. The van der Waals surface area contributed by atoms with Crippen molar-refractivity contribution in [2.75, 3.05) is 19.6 Å². The maximum Gasteiger partial charge on any atom is 0.0758 e. The van der Waals surface area contributed by atoms with Crippen LogP contribution in [0.4, 0.5) is 0 Å². The van der Waals surface area contributed by atoms with Crippen molar-refractivity contribution in [3.05, 3.63) is 34.9 Å². The standard InChI is InChI=1S/C13H19ClN2O/c1-13(17)6-7-16(9-13)12(8-15)10-2-4-11(14)5-3-10/h2-5,12,17H,6-9,15H2,1H3. The lowest BCUT2D eigenvalue weighted by Crippen LogP contribution is -2.35. The van der Waals surface area contributed by atoms with Crippen LogP contribution in [0.1, 0.15) is 24.9 Å². The second-order valence-corrected chi connectivity index (χ2v) is 5.46. The van der Waals surface area contributed by atoms with Gasteiger partial charge < -0.3 is 10.8 Å². The first-order valence-corrected chi connectivity index (χ1v) is 6.31. The van der Waals surface area contributed by atoms with E-state index in [2.05, 4.69) is 4.90 Å². The van der Waals surface area contributed by atoms with Crippen LogP contribution in [0.5, 0.6) is 0 Å². The van der Waals surface area contributed by atoms with Crippen molar-refractivity contribution in [1.82, 2.24) is 4.90 Å². The number of aliphatic hydroxyl groups is 1. The highest BCUT2D eigenvalue weighted by Gasteiger charge is 2.34. The summed E-state index contributed by atoms with van der Waals surface area (Å²) < 4.78 is 0. The van der Waals surface area contributed by atoms with E-state index in [-0.39, 0.29) is 6.04 Å². The topological polar surface area (TPSA) is 49.5 Å². The van der Waals surface area contributed by atoms with E-state index in [1.807, 2.05) is 31.2 Å². The van der Waals surface area contributed by atoms with Gasteiger partial charge in [-0.2, -0.15) is 0 Å². The normalized spacial score (nSPS) is 27.3. The molecule has 17 heavy (non-hydrogen) atoms. The molecule has 0 radical (unpaired) electrons. The minimum atomic E-state index is -0.583. The summed E-state index contributed by atoms with van der Waals surface area (Å²) in [5.74, 6) is 0. The van der Waals surface area contributed by atoms with Crippen LogP contribution in [0.3, 0.4) is 0 Å². The van der Waals surface area contributed by atoms with Gasteiger partial charge in [-0.05, 0) is 31.0 Å². The first-order chi connectivity index (χ1) is 8.02. The number of benzene rings is 1. The largest absolute Gasteiger partial charge is 0.389 e. The fourth-order valence-electron chi connectivity index (χ4n) is 2.43. The van der Waals surface area contributed by atoms with E-state index < -0.39 is 5.60 Å². The summed E-state index contributed by atoms with van der Waals surface area (Å²) in [6.07, 6.45) is 0.803. The summed E-state index contributed by atoms with van der Waals surface area (Å²) in [6.45, 7) is 4.00. The minimum absolute atomic E-state index is 0.168. The van der Waals surface area contributed by atoms with Gasteiger partial charge in [0.05, 0.1) is 5.60 Å². The number of hydrogen-bond acceptors (Lipinski definition) is 3. The molecule has 0 amide bonds. The highest BCUT2D eigenvalue weighted by atomic mass is 35.5. The third-order valence-corrected chi connectivity index (χ3v) is 3.65. The van der Waals surface area contributed by atoms with Gasteiger partial charge in [-0.1, -0.05) is 23.7 Å². The molecule has 1 aliphatic heterocycles.